The Bertz CT molecular complexity index is 1380. The number of ether oxygens (including phenoxy) is 1. The van der Waals surface area contributed by atoms with Crippen molar-refractivity contribution in [3.8, 4) is 34.2 Å². The molecule has 4 aromatic rings. The number of nitrogens with one attached hydrogen (secondary N) is 1. The number of carbonyl (C=O) groups excluding carboxylic acids is 1. The number of imidazole rings is 1. The first-order valence-corrected chi connectivity index (χ1v) is 11.2. The smallest absolute Gasteiger partial charge is 0.234 e. The fourth-order valence-corrected chi connectivity index (χ4v) is 4.49. The van der Waals surface area contributed by atoms with Crippen LogP contribution in [0, 0.1) is 11.3 Å². The Morgan fingerprint density at radius 3 is 2.41 bits per heavy atom. The molecule has 1 aliphatic heterocycles. The predicted octanol–water partition coefficient (Wildman–Crippen LogP) is 4.04. The summed E-state index contributed by atoms with van der Waals surface area (Å²) in [6.07, 6.45) is 2.09. The lowest BCUT2D eigenvalue weighted by atomic mass is 10.0. The molecule has 1 N–H and O–H groups in total. The molecule has 1 unspecified atom stereocenters. The van der Waals surface area contributed by atoms with Gasteiger partial charge in [-0.15, -0.1) is 0 Å². The van der Waals surface area contributed by atoms with Crippen LogP contribution in [0.3, 0.4) is 0 Å². The highest BCUT2D eigenvalue weighted by Gasteiger charge is 2.28. The molecule has 0 saturated carbocycles. The van der Waals surface area contributed by atoms with E-state index in [1.54, 1.807) is 7.11 Å². The largest absolute Gasteiger partial charge is 0.497 e. The maximum atomic E-state index is 12.1. The predicted molar refractivity (Wildman–Crippen MR) is 130 cm³/mol. The number of amides is 1. The summed E-state index contributed by atoms with van der Waals surface area (Å²) in [5.74, 6) is 0.828. The van der Waals surface area contributed by atoms with Crippen LogP contribution in [-0.2, 0) is 4.79 Å². The monoisotopic (exact) mass is 451 g/mol. The fraction of sp³-hybridized carbons (Fsp3) is 0.222. The van der Waals surface area contributed by atoms with Crippen molar-refractivity contribution in [1.29, 1.82) is 5.26 Å². The normalized spacial score (nSPS) is 15.0. The lowest BCUT2D eigenvalue weighted by Crippen LogP contribution is -2.48. The summed E-state index contributed by atoms with van der Waals surface area (Å²) in [5.41, 5.74) is 6.44. The van der Waals surface area contributed by atoms with E-state index in [4.69, 9.17) is 15.0 Å². The van der Waals surface area contributed by atoms with Gasteiger partial charge in [0.1, 0.15) is 11.4 Å². The minimum atomic E-state index is -0.0330. The fourth-order valence-electron chi connectivity index (χ4n) is 4.49. The van der Waals surface area contributed by atoms with E-state index < -0.39 is 0 Å². The van der Waals surface area contributed by atoms with Crippen molar-refractivity contribution in [2.24, 2.45) is 0 Å². The van der Waals surface area contributed by atoms with E-state index in [1.807, 2.05) is 60.7 Å². The zero-order valence-corrected chi connectivity index (χ0v) is 19.2. The molecule has 0 aliphatic carbocycles. The first kappa shape index (κ1) is 21.7. The van der Waals surface area contributed by atoms with Crippen molar-refractivity contribution in [3.05, 3.63) is 78.1 Å². The molecular weight excluding hydrogens is 426 g/mol. The molecule has 7 nitrogen and oxygen atoms in total. The van der Waals surface area contributed by atoms with Crippen molar-refractivity contribution in [2.75, 3.05) is 26.7 Å². The molecule has 2 aromatic heterocycles. The first-order valence-electron chi connectivity index (χ1n) is 11.2. The van der Waals surface area contributed by atoms with E-state index in [1.165, 1.54) is 0 Å². The minimum absolute atomic E-state index is 0.0330. The zero-order valence-electron chi connectivity index (χ0n) is 19.2. The minimum Gasteiger partial charge on any atom is -0.497 e. The van der Waals surface area contributed by atoms with Gasteiger partial charge in [0.2, 0.25) is 5.91 Å². The second-order valence-electron chi connectivity index (χ2n) is 8.41. The molecule has 0 spiro atoms. The van der Waals surface area contributed by atoms with Crippen LogP contribution in [0.25, 0.3) is 28.0 Å². The highest BCUT2D eigenvalue weighted by Crippen LogP contribution is 2.34. The van der Waals surface area contributed by atoms with Crippen molar-refractivity contribution in [1.82, 2.24) is 19.6 Å². The third-order valence-electron chi connectivity index (χ3n) is 6.38. The van der Waals surface area contributed by atoms with Gasteiger partial charge < -0.3 is 14.5 Å². The van der Waals surface area contributed by atoms with Gasteiger partial charge >= 0.3 is 0 Å². The van der Waals surface area contributed by atoms with Crippen LogP contribution < -0.4 is 10.1 Å². The summed E-state index contributed by atoms with van der Waals surface area (Å²) in [6.45, 7) is 3.89. The lowest BCUT2D eigenvalue weighted by molar-refractivity contribution is -0.124. The average molecular weight is 452 g/mol. The third kappa shape index (κ3) is 4.00. The van der Waals surface area contributed by atoms with Crippen LogP contribution in [0.2, 0.25) is 0 Å². The van der Waals surface area contributed by atoms with Gasteiger partial charge in [-0.3, -0.25) is 9.69 Å². The van der Waals surface area contributed by atoms with Gasteiger partial charge in [0, 0.05) is 24.8 Å². The Labute approximate surface area is 198 Å². The summed E-state index contributed by atoms with van der Waals surface area (Å²) < 4.78 is 7.46. The molecule has 1 atom stereocenters. The molecule has 2 aromatic carbocycles. The number of nitrogens with zero attached hydrogens (tertiary/aromatic N) is 4. The standard InChI is InChI=1S/C27H25N5O2/c1-18(31-14-13-29-25(33)17-31)27-26(21-7-10-23(34-2)11-8-21)30-24-12-9-22(16-32(24)27)20-5-3-19(15-28)4-6-20/h3-12,16,18H,13-14,17H2,1-2H3,(H,29,33). The second kappa shape index (κ2) is 9.00. The molecule has 1 fully saturated rings. The third-order valence-corrected chi connectivity index (χ3v) is 6.38. The molecule has 5 rings (SSSR count). The van der Waals surface area contributed by atoms with Crippen LogP contribution in [0.4, 0.5) is 0 Å². The number of aromatic nitrogens is 2. The van der Waals surface area contributed by atoms with Crippen LogP contribution in [0.1, 0.15) is 24.2 Å². The van der Waals surface area contributed by atoms with E-state index in [2.05, 4.69) is 33.8 Å². The number of nitriles is 1. The molecule has 0 bridgehead atoms. The van der Waals surface area contributed by atoms with E-state index in [0.717, 1.165) is 46.0 Å². The van der Waals surface area contributed by atoms with E-state index in [0.29, 0.717) is 18.7 Å². The van der Waals surface area contributed by atoms with Gasteiger partial charge in [-0.25, -0.2) is 4.98 Å². The molecule has 170 valence electrons. The van der Waals surface area contributed by atoms with E-state index in [-0.39, 0.29) is 11.9 Å². The summed E-state index contributed by atoms with van der Waals surface area (Å²) in [5, 5.41) is 12.0. The van der Waals surface area contributed by atoms with Gasteiger partial charge in [-0.05, 0) is 66.6 Å². The number of benzene rings is 2. The Hall–Kier alpha value is -4.15. The van der Waals surface area contributed by atoms with Gasteiger partial charge in [-0.1, -0.05) is 12.1 Å². The lowest BCUT2D eigenvalue weighted by Gasteiger charge is -2.32. The van der Waals surface area contributed by atoms with Gasteiger partial charge in [0.25, 0.3) is 0 Å². The van der Waals surface area contributed by atoms with Crippen LogP contribution in [-0.4, -0.2) is 46.9 Å². The van der Waals surface area contributed by atoms with Crippen molar-refractivity contribution >= 4 is 11.6 Å². The molecule has 7 heteroatoms. The molecular formula is C27H25N5O2. The van der Waals surface area contributed by atoms with Gasteiger partial charge in [0.15, 0.2) is 0 Å². The number of carbonyl (C=O) groups is 1. The molecule has 34 heavy (non-hydrogen) atoms. The Kier molecular flexibility index (Phi) is 5.74. The molecule has 1 amide bonds. The van der Waals surface area contributed by atoms with Crippen LogP contribution >= 0.6 is 0 Å². The summed E-state index contributed by atoms with van der Waals surface area (Å²) in [4.78, 5) is 19.3. The maximum Gasteiger partial charge on any atom is 0.234 e. The van der Waals surface area contributed by atoms with Crippen LogP contribution in [0.15, 0.2) is 66.9 Å². The molecule has 1 saturated heterocycles. The maximum absolute atomic E-state index is 12.1. The number of methoxy groups -OCH3 is 1. The average Bonchev–Trinajstić information content (AvgIpc) is 3.27. The van der Waals surface area contributed by atoms with Gasteiger partial charge in [0.05, 0.1) is 42.7 Å². The Morgan fingerprint density at radius 1 is 1.03 bits per heavy atom. The Morgan fingerprint density at radius 2 is 1.74 bits per heavy atom. The SMILES string of the molecule is COc1ccc(-c2nc3ccc(-c4ccc(C#N)cc4)cn3c2C(C)N2CCNC(=O)C2)cc1. The van der Waals surface area contributed by atoms with E-state index >= 15 is 0 Å². The van der Waals surface area contributed by atoms with Crippen LogP contribution in [0.5, 0.6) is 5.75 Å². The second-order valence-corrected chi connectivity index (χ2v) is 8.41. The Balaban J connectivity index is 1.65. The summed E-state index contributed by atoms with van der Waals surface area (Å²) in [7, 11) is 1.65. The quantitative estimate of drug-likeness (QED) is 0.495. The zero-order chi connectivity index (χ0) is 23.7. The highest BCUT2D eigenvalue weighted by molar-refractivity contribution is 5.79. The number of hydrogen-bond donors (Lipinski definition) is 1. The number of pyridine rings is 1. The number of piperazine rings is 1. The molecule has 1 aliphatic rings. The highest BCUT2D eigenvalue weighted by atomic mass is 16.5. The van der Waals surface area contributed by atoms with Crippen molar-refractivity contribution in [3.63, 3.8) is 0 Å². The number of hydrogen-bond acceptors (Lipinski definition) is 5. The topological polar surface area (TPSA) is 82.7 Å². The summed E-state index contributed by atoms with van der Waals surface area (Å²) in [6, 6.07) is 21.7. The van der Waals surface area contributed by atoms with Crippen molar-refractivity contribution < 1.29 is 9.53 Å². The molecule has 0 radical (unpaired) electrons. The summed E-state index contributed by atoms with van der Waals surface area (Å²) >= 11 is 0. The first-order chi connectivity index (χ1) is 16.6. The number of rotatable bonds is 5. The van der Waals surface area contributed by atoms with Crippen molar-refractivity contribution in [2.45, 2.75) is 13.0 Å². The molecule has 3 heterocycles. The number of fused-ring (bicyclic) bond motifs is 1. The van der Waals surface area contributed by atoms with E-state index in [9.17, 15) is 4.79 Å². The van der Waals surface area contributed by atoms with Gasteiger partial charge in [-0.2, -0.15) is 5.26 Å².